The van der Waals surface area contributed by atoms with Gasteiger partial charge in [-0.3, -0.25) is 0 Å². The van der Waals surface area contributed by atoms with Gasteiger partial charge in [-0.2, -0.15) is 0 Å². The van der Waals surface area contributed by atoms with Crippen molar-refractivity contribution >= 4 is 27.5 Å². The molecule has 0 amide bonds. The highest BCUT2D eigenvalue weighted by molar-refractivity contribution is 9.10. The molecule has 0 atom stereocenters. The van der Waals surface area contributed by atoms with E-state index in [9.17, 15) is 0 Å². The lowest BCUT2D eigenvalue weighted by atomic mass is 10.1. The fourth-order valence-corrected chi connectivity index (χ4v) is 2.44. The van der Waals surface area contributed by atoms with Gasteiger partial charge in [0.1, 0.15) is 11.5 Å². The fourth-order valence-electron chi connectivity index (χ4n) is 1.76. The van der Waals surface area contributed by atoms with E-state index in [-0.39, 0.29) is 5.54 Å². The first-order valence-electron chi connectivity index (χ1n) is 6.80. The summed E-state index contributed by atoms with van der Waals surface area (Å²) in [6.45, 7) is 7.26. The molecule has 112 valence electrons. The van der Waals surface area contributed by atoms with Crippen LogP contribution in [0.5, 0.6) is 11.5 Å². The summed E-state index contributed by atoms with van der Waals surface area (Å²) < 4.78 is 6.83. The molecule has 2 aromatic rings. The van der Waals surface area contributed by atoms with Gasteiger partial charge in [-0.25, -0.2) is 0 Å². The minimum Gasteiger partial charge on any atom is -0.457 e. The van der Waals surface area contributed by atoms with Crippen molar-refractivity contribution in [3.8, 4) is 11.5 Å². The third-order valence-corrected chi connectivity index (χ3v) is 3.84. The van der Waals surface area contributed by atoms with Crippen molar-refractivity contribution in [2.75, 3.05) is 0 Å². The largest absolute Gasteiger partial charge is 0.457 e. The third-order valence-electron chi connectivity index (χ3n) is 2.87. The molecule has 0 fully saturated rings. The monoisotopic (exact) mass is 367 g/mol. The standard InChI is InChI=1S/C17H19BrClNO/c1-17(2,3)20-11-12-7-8-15(10-16(12)18)21-14-6-4-5-13(19)9-14/h4-10,20H,11H2,1-3H3. The maximum Gasteiger partial charge on any atom is 0.128 e. The van der Waals surface area contributed by atoms with Crippen LogP contribution < -0.4 is 10.1 Å². The first-order chi connectivity index (χ1) is 9.83. The van der Waals surface area contributed by atoms with Crippen molar-refractivity contribution in [2.24, 2.45) is 0 Å². The summed E-state index contributed by atoms with van der Waals surface area (Å²) in [6.07, 6.45) is 0. The summed E-state index contributed by atoms with van der Waals surface area (Å²) >= 11 is 9.55. The topological polar surface area (TPSA) is 21.3 Å². The summed E-state index contributed by atoms with van der Waals surface area (Å²) in [5.74, 6) is 1.51. The molecule has 0 saturated carbocycles. The molecule has 21 heavy (non-hydrogen) atoms. The van der Waals surface area contributed by atoms with Crippen molar-refractivity contribution < 1.29 is 4.74 Å². The number of ether oxygens (including phenoxy) is 1. The van der Waals surface area contributed by atoms with Crippen LogP contribution in [0.3, 0.4) is 0 Å². The van der Waals surface area contributed by atoms with Gasteiger partial charge >= 0.3 is 0 Å². The van der Waals surface area contributed by atoms with Crippen LogP contribution in [-0.4, -0.2) is 5.54 Å². The van der Waals surface area contributed by atoms with Gasteiger partial charge in [0.15, 0.2) is 0 Å². The predicted octanol–water partition coefficient (Wildman–Crippen LogP) is 5.78. The number of hydrogen-bond donors (Lipinski definition) is 1. The van der Waals surface area contributed by atoms with Crippen LogP contribution in [0.2, 0.25) is 5.02 Å². The summed E-state index contributed by atoms with van der Waals surface area (Å²) in [4.78, 5) is 0. The van der Waals surface area contributed by atoms with Gasteiger partial charge in [0, 0.05) is 21.6 Å². The SMILES string of the molecule is CC(C)(C)NCc1ccc(Oc2cccc(Cl)c2)cc1Br. The smallest absolute Gasteiger partial charge is 0.128 e. The molecular weight excluding hydrogens is 350 g/mol. The number of nitrogens with one attached hydrogen (secondary N) is 1. The van der Waals surface area contributed by atoms with E-state index in [1.54, 1.807) is 6.07 Å². The Hall–Kier alpha value is -1.03. The molecule has 0 aromatic heterocycles. The maximum absolute atomic E-state index is 5.95. The van der Waals surface area contributed by atoms with E-state index in [0.717, 1.165) is 22.5 Å². The Morgan fingerprint density at radius 1 is 1.10 bits per heavy atom. The predicted molar refractivity (Wildman–Crippen MR) is 92.3 cm³/mol. The molecule has 2 aromatic carbocycles. The molecule has 0 bridgehead atoms. The van der Waals surface area contributed by atoms with Crippen molar-refractivity contribution in [2.45, 2.75) is 32.9 Å². The molecule has 0 radical (unpaired) electrons. The van der Waals surface area contributed by atoms with Crippen LogP contribution in [0.15, 0.2) is 46.9 Å². The van der Waals surface area contributed by atoms with E-state index in [2.05, 4.69) is 48.1 Å². The minimum absolute atomic E-state index is 0.0927. The van der Waals surface area contributed by atoms with Crippen LogP contribution >= 0.6 is 27.5 Å². The minimum atomic E-state index is 0.0927. The fraction of sp³-hybridized carbons (Fsp3) is 0.294. The second-order valence-electron chi connectivity index (χ2n) is 5.92. The molecule has 0 saturated heterocycles. The third kappa shape index (κ3) is 5.34. The lowest BCUT2D eigenvalue weighted by Crippen LogP contribution is -2.35. The van der Waals surface area contributed by atoms with Crippen LogP contribution in [0, 0.1) is 0 Å². The Morgan fingerprint density at radius 2 is 1.81 bits per heavy atom. The van der Waals surface area contributed by atoms with Crippen molar-refractivity contribution in [3.63, 3.8) is 0 Å². The molecule has 0 aliphatic rings. The maximum atomic E-state index is 5.95. The van der Waals surface area contributed by atoms with Gasteiger partial charge in [0.25, 0.3) is 0 Å². The van der Waals surface area contributed by atoms with E-state index in [1.807, 2.05) is 30.3 Å². The molecule has 0 aliphatic heterocycles. The van der Waals surface area contributed by atoms with Crippen molar-refractivity contribution in [1.29, 1.82) is 0 Å². The van der Waals surface area contributed by atoms with Gasteiger partial charge in [-0.05, 0) is 56.7 Å². The average Bonchev–Trinajstić information content (AvgIpc) is 2.36. The van der Waals surface area contributed by atoms with Crippen LogP contribution in [0.1, 0.15) is 26.3 Å². The van der Waals surface area contributed by atoms with Gasteiger partial charge < -0.3 is 10.1 Å². The quantitative estimate of drug-likeness (QED) is 0.738. The van der Waals surface area contributed by atoms with E-state index in [0.29, 0.717) is 5.02 Å². The lowest BCUT2D eigenvalue weighted by Gasteiger charge is -2.21. The molecule has 1 N–H and O–H groups in total. The zero-order chi connectivity index (χ0) is 15.5. The second-order valence-corrected chi connectivity index (χ2v) is 7.21. The van der Waals surface area contributed by atoms with E-state index < -0.39 is 0 Å². The molecule has 2 nitrogen and oxygen atoms in total. The zero-order valence-electron chi connectivity index (χ0n) is 12.4. The molecule has 0 aliphatic carbocycles. The Balaban J connectivity index is 2.08. The van der Waals surface area contributed by atoms with Gasteiger partial charge in [0.2, 0.25) is 0 Å². The molecule has 4 heteroatoms. The van der Waals surface area contributed by atoms with Crippen LogP contribution in [-0.2, 0) is 6.54 Å². The average molecular weight is 369 g/mol. The highest BCUT2D eigenvalue weighted by Gasteiger charge is 2.10. The number of benzene rings is 2. The summed E-state index contributed by atoms with van der Waals surface area (Å²) in [6, 6.07) is 13.4. The van der Waals surface area contributed by atoms with Gasteiger partial charge in [0.05, 0.1) is 0 Å². The Kier molecular flexibility index (Phi) is 5.31. The molecule has 2 rings (SSSR count). The zero-order valence-corrected chi connectivity index (χ0v) is 14.8. The van der Waals surface area contributed by atoms with Crippen LogP contribution in [0.4, 0.5) is 0 Å². The second kappa shape index (κ2) is 6.82. The Bertz CT molecular complexity index is 622. The normalized spacial score (nSPS) is 11.5. The number of hydrogen-bond acceptors (Lipinski definition) is 2. The highest BCUT2D eigenvalue weighted by atomic mass is 79.9. The van der Waals surface area contributed by atoms with E-state index in [1.165, 1.54) is 5.56 Å². The van der Waals surface area contributed by atoms with E-state index >= 15 is 0 Å². The number of halogens is 2. The first kappa shape index (κ1) is 16.3. The van der Waals surface area contributed by atoms with Gasteiger partial charge in [-0.15, -0.1) is 0 Å². The van der Waals surface area contributed by atoms with Gasteiger partial charge in [-0.1, -0.05) is 39.7 Å². The molecular formula is C17H19BrClNO. The van der Waals surface area contributed by atoms with Crippen molar-refractivity contribution in [1.82, 2.24) is 5.32 Å². The molecule has 0 heterocycles. The highest BCUT2D eigenvalue weighted by Crippen LogP contribution is 2.28. The molecule has 0 spiro atoms. The molecule has 0 unspecified atom stereocenters. The lowest BCUT2D eigenvalue weighted by molar-refractivity contribution is 0.423. The number of rotatable bonds is 4. The Morgan fingerprint density at radius 3 is 2.43 bits per heavy atom. The van der Waals surface area contributed by atoms with Crippen LogP contribution in [0.25, 0.3) is 0 Å². The Labute approximate surface area is 139 Å². The van der Waals surface area contributed by atoms with Crippen molar-refractivity contribution in [3.05, 3.63) is 57.5 Å². The summed E-state index contributed by atoms with van der Waals surface area (Å²) in [7, 11) is 0. The summed E-state index contributed by atoms with van der Waals surface area (Å²) in [5.41, 5.74) is 1.29. The summed E-state index contributed by atoms with van der Waals surface area (Å²) in [5, 5.41) is 4.13. The first-order valence-corrected chi connectivity index (χ1v) is 7.97. The van der Waals surface area contributed by atoms with E-state index in [4.69, 9.17) is 16.3 Å².